The number of hydrogen-bond donors (Lipinski definition) is 3. The van der Waals surface area contributed by atoms with E-state index in [-0.39, 0.29) is 32.7 Å². The maximum atomic E-state index is 13.4. The van der Waals surface area contributed by atoms with Crippen molar-refractivity contribution < 1.29 is 23.8 Å². The predicted octanol–water partition coefficient (Wildman–Crippen LogP) is 0.165. The first-order valence-electron chi connectivity index (χ1n) is 7.29. The van der Waals surface area contributed by atoms with Crippen LogP contribution in [0.3, 0.4) is 0 Å². The molecule has 1 saturated heterocycles. The second-order valence-corrected chi connectivity index (χ2v) is 5.38. The van der Waals surface area contributed by atoms with Gasteiger partial charge < -0.3 is 25.8 Å². The smallest absolute Gasteiger partial charge is 0.318 e. The first-order chi connectivity index (χ1) is 11.0. The van der Waals surface area contributed by atoms with Crippen molar-refractivity contribution in [2.24, 2.45) is 5.73 Å². The quantitative estimate of drug-likeness (QED) is 0.693. The molecule has 0 saturated carbocycles. The van der Waals surface area contributed by atoms with E-state index in [9.17, 15) is 19.1 Å². The summed E-state index contributed by atoms with van der Waals surface area (Å²) < 4.78 is 18.5. The Morgan fingerprint density at radius 2 is 2.26 bits per heavy atom. The minimum absolute atomic E-state index is 0.0151. The minimum Gasteiger partial charge on any atom is -0.484 e. The maximum Gasteiger partial charge on any atom is 0.318 e. The Morgan fingerprint density at radius 3 is 2.96 bits per heavy atom. The highest BCUT2D eigenvalue weighted by atomic mass is 19.1. The van der Waals surface area contributed by atoms with Gasteiger partial charge in [0, 0.05) is 13.0 Å². The van der Waals surface area contributed by atoms with Crippen molar-refractivity contribution in [3.05, 3.63) is 29.8 Å². The van der Waals surface area contributed by atoms with Crippen LogP contribution < -0.4 is 15.8 Å². The standard InChI is InChI=1S/C15H20FN3O4/c16-11-5-12(8-20)19(7-11)15(22)18-6-10-2-1-3-13(4-10)23-9-14(17)21/h1-4,11-12,20H,5-9H2,(H2,17,21)(H,18,22). The number of urea groups is 1. The van der Waals surface area contributed by atoms with Gasteiger partial charge in [-0.2, -0.15) is 0 Å². The number of primary amides is 1. The number of likely N-dealkylation sites (tertiary alicyclic amines) is 1. The Hall–Kier alpha value is -2.35. The molecular weight excluding hydrogens is 305 g/mol. The molecule has 2 unspecified atom stereocenters. The van der Waals surface area contributed by atoms with Gasteiger partial charge >= 0.3 is 6.03 Å². The van der Waals surface area contributed by atoms with Crippen molar-refractivity contribution in [2.45, 2.75) is 25.2 Å². The summed E-state index contributed by atoms with van der Waals surface area (Å²) in [7, 11) is 0. The van der Waals surface area contributed by atoms with Gasteiger partial charge in [-0.05, 0) is 17.7 Å². The van der Waals surface area contributed by atoms with Crippen molar-refractivity contribution in [2.75, 3.05) is 19.8 Å². The van der Waals surface area contributed by atoms with Gasteiger partial charge in [0.15, 0.2) is 6.61 Å². The zero-order valence-electron chi connectivity index (χ0n) is 12.6. The molecule has 7 nitrogen and oxygen atoms in total. The van der Waals surface area contributed by atoms with E-state index < -0.39 is 24.2 Å². The van der Waals surface area contributed by atoms with E-state index >= 15 is 0 Å². The van der Waals surface area contributed by atoms with E-state index in [0.29, 0.717) is 5.75 Å². The van der Waals surface area contributed by atoms with Crippen molar-refractivity contribution in [3.8, 4) is 5.75 Å². The molecule has 1 aliphatic heterocycles. The summed E-state index contributed by atoms with van der Waals surface area (Å²) in [5, 5.41) is 11.9. The maximum absolute atomic E-state index is 13.4. The fourth-order valence-electron chi connectivity index (χ4n) is 2.46. The number of alkyl halides is 1. The third kappa shape index (κ3) is 4.82. The predicted molar refractivity (Wildman–Crippen MR) is 80.5 cm³/mol. The lowest BCUT2D eigenvalue weighted by Gasteiger charge is -2.23. The number of rotatable bonds is 6. The van der Waals surface area contributed by atoms with Crippen LogP contribution in [0.25, 0.3) is 0 Å². The fourth-order valence-corrected chi connectivity index (χ4v) is 2.46. The largest absolute Gasteiger partial charge is 0.484 e. The van der Waals surface area contributed by atoms with Crippen LogP contribution in [0.2, 0.25) is 0 Å². The van der Waals surface area contributed by atoms with Crippen LogP contribution in [0, 0.1) is 0 Å². The van der Waals surface area contributed by atoms with Crippen LogP contribution in [0.1, 0.15) is 12.0 Å². The van der Waals surface area contributed by atoms with Crippen molar-refractivity contribution in [1.29, 1.82) is 0 Å². The van der Waals surface area contributed by atoms with E-state index in [1.807, 2.05) is 0 Å². The summed E-state index contributed by atoms with van der Waals surface area (Å²) in [6.45, 7) is -0.277. The molecule has 23 heavy (non-hydrogen) atoms. The fraction of sp³-hybridized carbons (Fsp3) is 0.467. The van der Waals surface area contributed by atoms with Gasteiger partial charge in [0.2, 0.25) is 0 Å². The van der Waals surface area contributed by atoms with Gasteiger partial charge in [0.25, 0.3) is 5.91 Å². The number of nitrogens with zero attached hydrogens (tertiary/aromatic N) is 1. The van der Waals surface area contributed by atoms with Crippen LogP contribution in [0.5, 0.6) is 5.75 Å². The molecule has 8 heteroatoms. The van der Waals surface area contributed by atoms with E-state index in [1.165, 1.54) is 4.90 Å². The highest BCUT2D eigenvalue weighted by molar-refractivity contribution is 5.75. The van der Waals surface area contributed by atoms with Gasteiger partial charge in [-0.15, -0.1) is 0 Å². The topological polar surface area (TPSA) is 105 Å². The SMILES string of the molecule is NC(=O)COc1cccc(CNC(=O)N2CC(F)CC2CO)c1. The second kappa shape index (κ2) is 7.77. The molecule has 0 bridgehead atoms. The average Bonchev–Trinajstić information content (AvgIpc) is 2.92. The van der Waals surface area contributed by atoms with Crippen LogP contribution in [0.15, 0.2) is 24.3 Å². The molecule has 3 amide bonds. The summed E-state index contributed by atoms with van der Waals surface area (Å²) in [6, 6.07) is 5.94. The Bertz CT molecular complexity index is 569. The van der Waals surface area contributed by atoms with Crippen molar-refractivity contribution >= 4 is 11.9 Å². The van der Waals surface area contributed by atoms with Gasteiger partial charge in [-0.25, -0.2) is 9.18 Å². The Balaban J connectivity index is 1.89. The lowest BCUT2D eigenvalue weighted by molar-refractivity contribution is -0.119. The summed E-state index contributed by atoms with van der Waals surface area (Å²) >= 11 is 0. The number of halogens is 1. The van der Waals surface area contributed by atoms with Crippen molar-refractivity contribution in [3.63, 3.8) is 0 Å². The number of nitrogens with one attached hydrogen (secondary N) is 1. The molecule has 0 aliphatic carbocycles. The second-order valence-electron chi connectivity index (χ2n) is 5.38. The molecule has 2 rings (SSSR count). The number of hydrogen-bond acceptors (Lipinski definition) is 4. The number of nitrogens with two attached hydrogens (primary N) is 1. The lowest BCUT2D eigenvalue weighted by Crippen LogP contribution is -2.44. The lowest BCUT2D eigenvalue weighted by atomic mass is 10.2. The number of aliphatic hydroxyl groups excluding tert-OH is 1. The summed E-state index contributed by atoms with van der Waals surface area (Å²) in [5.41, 5.74) is 5.77. The van der Waals surface area contributed by atoms with Crippen LogP contribution in [-0.2, 0) is 11.3 Å². The summed E-state index contributed by atoms with van der Waals surface area (Å²) in [6.07, 6.45) is -0.955. The molecule has 4 N–H and O–H groups in total. The number of ether oxygens (including phenoxy) is 1. The zero-order valence-corrected chi connectivity index (χ0v) is 12.6. The number of amides is 3. The summed E-state index contributed by atoms with van der Waals surface area (Å²) in [5.74, 6) is -0.109. The molecule has 1 fully saturated rings. The van der Waals surface area contributed by atoms with Gasteiger partial charge in [0.05, 0.1) is 19.2 Å². The van der Waals surface area contributed by atoms with Crippen LogP contribution in [0.4, 0.5) is 9.18 Å². The number of carbonyl (C=O) groups excluding carboxylic acids is 2. The third-order valence-corrected chi connectivity index (χ3v) is 3.56. The molecule has 1 heterocycles. The molecule has 1 aromatic carbocycles. The van der Waals surface area contributed by atoms with E-state index in [2.05, 4.69) is 5.32 Å². The van der Waals surface area contributed by atoms with Gasteiger partial charge in [-0.3, -0.25) is 4.79 Å². The van der Waals surface area contributed by atoms with Crippen molar-refractivity contribution in [1.82, 2.24) is 10.2 Å². The molecule has 1 aromatic rings. The Labute approximate surface area is 133 Å². The number of carbonyl (C=O) groups is 2. The van der Waals surface area contributed by atoms with Crippen LogP contribution >= 0.6 is 0 Å². The normalized spacial score (nSPS) is 20.3. The van der Waals surface area contributed by atoms with E-state index in [4.69, 9.17) is 10.5 Å². The molecule has 0 radical (unpaired) electrons. The molecule has 0 aromatic heterocycles. The van der Waals surface area contributed by atoms with E-state index in [0.717, 1.165) is 5.56 Å². The first kappa shape index (κ1) is 17.0. The molecule has 126 valence electrons. The number of aliphatic hydroxyl groups is 1. The number of benzene rings is 1. The third-order valence-electron chi connectivity index (χ3n) is 3.56. The van der Waals surface area contributed by atoms with E-state index in [1.54, 1.807) is 24.3 Å². The molecular formula is C15H20FN3O4. The first-order valence-corrected chi connectivity index (χ1v) is 7.29. The monoisotopic (exact) mass is 325 g/mol. The highest BCUT2D eigenvalue weighted by Crippen LogP contribution is 2.20. The summed E-state index contributed by atoms with van der Waals surface area (Å²) in [4.78, 5) is 24.1. The Morgan fingerprint density at radius 1 is 1.48 bits per heavy atom. The highest BCUT2D eigenvalue weighted by Gasteiger charge is 2.34. The Kier molecular flexibility index (Phi) is 5.75. The molecule has 1 aliphatic rings. The van der Waals surface area contributed by atoms with Gasteiger partial charge in [0.1, 0.15) is 11.9 Å². The van der Waals surface area contributed by atoms with Crippen LogP contribution in [-0.4, -0.2) is 53.9 Å². The van der Waals surface area contributed by atoms with Gasteiger partial charge in [-0.1, -0.05) is 12.1 Å². The minimum atomic E-state index is -1.11. The molecule has 0 spiro atoms. The zero-order chi connectivity index (χ0) is 16.8. The molecule has 2 atom stereocenters. The average molecular weight is 325 g/mol.